The first-order valence-corrected chi connectivity index (χ1v) is 13.4. The lowest BCUT2D eigenvalue weighted by molar-refractivity contribution is -0.139. The van der Waals surface area contributed by atoms with Crippen molar-refractivity contribution >= 4 is 17.8 Å². The molecule has 0 aliphatic carbocycles. The topological polar surface area (TPSA) is 117 Å². The molecule has 38 heavy (non-hydrogen) atoms. The average molecular weight is 526 g/mol. The molecule has 2 unspecified atom stereocenters. The van der Waals surface area contributed by atoms with Gasteiger partial charge in [0.1, 0.15) is 11.8 Å². The predicted molar refractivity (Wildman–Crippen MR) is 149 cm³/mol. The number of hydrogen-bond acceptors (Lipinski definition) is 5. The Hall–Kier alpha value is -3.39. The van der Waals surface area contributed by atoms with E-state index in [1.54, 1.807) is 0 Å². The number of carbonyl (C=O) groups is 3. The summed E-state index contributed by atoms with van der Waals surface area (Å²) in [5.74, 6) is -0.466. The first-order valence-electron chi connectivity index (χ1n) is 13.4. The molecular weight excluding hydrogens is 482 g/mol. The molecule has 0 aromatic heterocycles. The summed E-state index contributed by atoms with van der Waals surface area (Å²) in [7, 11) is 1.96. The third-order valence-corrected chi connectivity index (χ3v) is 6.85. The minimum atomic E-state index is -1.05. The zero-order valence-corrected chi connectivity index (χ0v) is 23.1. The third-order valence-electron chi connectivity index (χ3n) is 6.85. The Labute approximate surface area is 226 Å². The molecule has 0 saturated carbocycles. The number of hydrogen-bond donors (Lipinski definition) is 4. The molecule has 0 bridgehead atoms. The Kier molecular flexibility index (Phi) is 13.3. The van der Waals surface area contributed by atoms with Gasteiger partial charge in [-0.1, -0.05) is 43.7 Å². The quantitative estimate of drug-likeness (QED) is 0.249. The third kappa shape index (κ3) is 10.9. The number of aryl methyl sites for hydroxylation is 2. The van der Waals surface area contributed by atoms with Crippen molar-refractivity contribution in [1.82, 2.24) is 16.0 Å². The van der Waals surface area contributed by atoms with E-state index in [1.165, 1.54) is 0 Å². The van der Waals surface area contributed by atoms with Crippen LogP contribution in [0.15, 0.2) is 42.5 Å². The Bertz CT molecular complexity index is 1040. The van der Waals surface area contributed by atoms with Crippen LogP contribution < -0.4 is 20.7 Å². The van der Waals surface area contributed by atoms with Gasteiger partial charge in [-0.3, -0.25) is 14.4 Å². The van der Waals surface area contributed by atoms with Crippen molar-refractivity contribution in [2.24, 2.45) is 5.92 Å². The molecule has 2 atom stereocenters. The van der Waals surface area contributed by atoms with Gasteiger partial charge in [0, 0.05) is 13.0 Å². The van der Waals surface area contributed by atoms with Crippen LogP contribution in [-0.4, -0.2) is 49.1 Å². The van der Waals surface area contributed by atoms with E-state index < -0.39 is 17.9 Å². The Morgan fingerprint density at radius 3 is 2.42 bits per heavy atom. The monoisotopic (exact) mass is 525 g/mol. The molecular formula is C30H43N3O5. The van der Waals surface area contributed by atoms with Crippen LogP contribution in [0.25, 0.3) is 0 Å². The lowest BCUT2D eigenvalue weighted by Gasteiger charge is -2.20. The van der Waals surface area contributed by atoms with E-state index in [9.17, 15) is 14.4 Å². The van der Waals surface area contributed by atoms with Crippen LogP contribution in [-0.2, 0) is 27.3 Å². The minimum absolute atomic E-state index is 0.171. The molecule has 2 aromatic carbocycles. The van der Waals surface area contributed by atoms with Gasteiger partial charge >= 0.3 is 5.97 Å². The number of carboxylic acid groups (broad SMARTS) is 1. The van der Waals surface area contributed by atoms with Gasteiger partial charge in [0.2, 0.25) is 11.8 Å². The Morgan fingerprint density at radius 1 is 1.03 bits per heavy atom. The zero-order valence-electron chi connectivity index (χ0n) is 23.1. The molecule has 0 saturated heterocycles. The van der Waals surface area contributed by atoms with Crippen molar-refractivity contribution < 1.29 is 24.2 Å². The minimum Gasteiger partial charge on any atom is -0.494 e. The number of carboxylic acids is 1. The lowest BCUT2D eigenvalue weighted by Crippen LogP contribution is -2.46. The second-order valence-corrected chi connectivity index (χ2v) is 9.75. The molecule has 2 aromatic rings. The van der Waals surface area contributed by atoms with Crippen LogP contribution in [0.4, 0.5) is 0 Å². The summed E-state index contributed by atoms with van der Waals surface area (Å²) >= 11 is 0. The van der Waals surface area contributed by atoms with Crippen molar-refractivity contribution in [2.75, 3.05) is 20.2 Å². The van der Waals surface area contributed by atoms with Crippen molar-refractivity contribution in [3.05, 3.63) is 64.7 Å². The molecule has 4 N–H and O–H groups in total. The SMILES string of the molecule is CCC(CCOc1cc(C)c(C)c(CNC(=O)C(CCc2ccccc2)NC(=O)CCC(=O)O)c1)CNC. The zero-order chi connectivity index (χ0) is 27.9. The van der Waals surface area contributed by atoms with Crippen LogP contribution >= 0.6 is 0 Å². The summed E-state index contributed by atoms with van der Waals surface area (Å²) in [5.41, 5.74) is 4.17. The highest BCUT2D eigenvalue weighted by Crippen LogP contribution is 2.22. The van der Waals surface area contributed by atoms with Gasteiger partial charge in [-0.25, -0.2) is 0 Å². The van der Waals surface area contributed by atoms with Gasteiger partial charge < -0.3 is 25.8 Å². The maximum atomic E-state index is 13.2. The Morgan fingerprint density at radius 2 is 1.76 bits per heavy atom. The van der Waals surface area contributed by atoms with Crippen LogP contribution in [0, 0.1) is 19.8 Å². The molecule has 8 heteroatoms. The van der Waals surface area contributed by atoms with Crippen molar-refractivity contribution in [3.63, 3.8) is 0 Å². The van der Waals surface area contributed by atoms with Crippen LogP contribution in [0.5, 0.6) is 5.75 Å². The standard InChI is InChI=1S/C30H43N3O5/c1-5-23(19-31-4)15-16-38-26-17-21(2)22(3)25(18-26)20-32-30(37)27(33-28(34)13-14-29(35)36)12-11-24-9-7-6-8-10-24/h6-10,17-18,23,27,31H,5,11-16,19-20H2,1-4H3,(H,32,37)(H,33,34)(H,35,36). The summed E-state index contributed by atoms with van der Waals surface area (Å²) < 4.78 is 6.06. The molecule has 0 heterocycles. The fourth-order valence-electron chi connectivity index (χ4n) is 4.26. The summed E-state index contributed by atoms with van der Waals surface area (Å²) in [6.07, 6.45) is 2.61. The van der Waals surface area contributed by atoms with Crippen molar-refractivity contribution in [1.29, 1.82) is 0 Å². The molecule has 8 nitrogen and oxygen atoms in total. The summed E-state index contributed by atoms with van der Waals surface area (Å²) in [4.78, 5) is 36.3. The molecule has 0 spiro atoms. The maximum Gasteiger partial charge on any atom is 0.303 e. The first-order chi connectivity index (χ1) is 18.2. The summed E-state index contributed by atoms with van der Waals surface area (Å²) in [5, 5.41) is 17.8. The molecule has 208 valence electrons. The lowest BCUT2D eigenvalue weighted by atomic mass is 10.0. The molecule has 2 rings (SSSR count). The predicted octanol–water partition coefficient (Wildman–Crippen LogP) is 3.92. The highest BCUT2D eigenvalue weighted by Gasteiger charge is 2.21. The smallest absolute Gasteiger partial charge is 0.303 e. The van der Waals surface area contributed by atoms with Crippen LogP contribution in [0.3, 0.4) is 0 Å². The maximum absolute atomic E-state index is 13.2. The number of benzene rings is 2. The Balaban J connectivity index is 2.04. The van der Waals surface area contributed by atoms with E-state index in [1.807, 2.05) is 63.4 Å². The number of nitrogens with one attached hydrogen (secondary N) is 3. The van der Waals surface area contributed by atoms with E-state index in [0.29, 0.717) is 31.9 Å². The van der Waals surface area contributed by atoms with E-state index in [2.05, 4.69) is 22.9 Å². The summed E-state index contributed by atoms with van der Waals surface area (Å²) in [6.45, 7) is 8.10. The van der Waals surface area contributed by atoms with E-state index in [-0.39, 0.29) is 18.7 Å². The highest BCUT2D eigenvalue weighted by molar-refractivity contribution is 5.88. The van der Waals surface area contributed by atoms with Gasteiger partial charge in [0.25, 0.3) is 0 Å². The first kappa shape index (κ1) is 30.8. The number of aliphatic carboxylic acids is 1. The highest BCUT2D eigenvalue weighted by atomic mass is 16.5. The number of rotatable bonds is 17. The van der Waals surface area contributed by atoms with Crippen molar-refractivity contribution in [3.8, 4) is 5.75 Å². The van der Waals surface area contributed by atoms with Gasteiger partial charge in [-0.05, 0) is 87.0 Å². The molecule has 2 amide bonds. The van der Waals surface area contributed by atoms with Gasteiger partial charge in [0.05, 0.1) is 13.0 Å². The molecule has 0 radical (unpaired) electrons. The number of ether oxygens (including phenoxy) is 1. The van der Waals surface area contributed by atoms with Gasteiger partial charge in [-0.15, -0.1) is 0 Å². The largest absolute Gasteiger partial charge is 0.494 e. The molecule has 0 aliphatic heterocycles. The van der Waals surface area contributed by atoms with Gasteiger partial charge in [-0.2, -0.15) is 0 Å². The normalized spacial score (nSPS) is 12.4. The fraction of sp³-hybridized carbons (Fsp3) is 0.500. The van der Waals surface area contributed by atoms with E-state index in [0.717, 1.165) is 47.4 Å². The van der Waals surface area contributed by atoms with Gasteiger partial charge in [0.15, 0.2) is 0 Å². The average Bonchev–Trinajstić information content (AvgIpc) is 2.90. The second kappa shape index (κ2) is 16.5. The second-order valence-electron chi connectivity index (χ2n) is 9.75. The molecule has 0 fully saturated rings. The van der Waals surface area contributed by atoms with E-state index in [4.69, 9.17) is 9.84 Å². The van der Waals surface area contributed by atoms with Crippen LogP contribution in [0.1, 0.15) is 61.3 Å². The fourth-order valence-corrected chi connectivity index (χ4v) is 4.26. The number of carbonyl (C=O) groups excluding carboxylic acids is 2. The number of amides is 2. The molecule has 0 aliphatic rings. The van der Waals surface area contributed by atoms with E-state index >= 15 is 0 Å². The van der Waals surface area contributed by atoms with Crippen molar-refractivity contribution in [2.45, 2.75) is 71.9 Å². The summed E-state index contributed by atoms with van der Waals surface area (Å²) in [6, 6.07) is 12.9. The van der Waals surface area contributed by atoms with Crippen LogP contribution in [0.2, 0.25) is 0 Å².